The second kappa shape index (κ2) is 4.55. The average Bonchev–Trinajstić information content (AvgIpc) is 2.76. The second-order valence-corrected chi connectivity index (χ2v) is 8.95. The van der Waals surface area contributed by atoms with Crippen LogP contribution in [0.4, 0.5) is 4.39 Å². The van der Waals surface area contributed by atoms with E-state index < -0.39 is 6.17 Å². The molecule has 0 aromatic heterocycles. The third kappa shape index (κ3) is 1.83. The van der Waals surface area contributed by atoms with Crippen LogP contribution in [0.1, 0.15) is 71.6 Å². The lowest BCUT2D eigenvalue weighted by atomic mass is 9.45. The van der Waals surface area contributed by atoms with Gasteiger partial charge in [-0.2, -0.15) is 0 Å². The lowest BCUT2D eigenvalue weighted by Crippen LogP contribution is -2.53. The summed E-state index contributed by atoms with van der Waals surface area (Å²) in [4.78, 5) is 12.4. The van der Waals surface area contributed by atoms with E-state index in [1.807, 2.05) is 0 Å². The van der Waals surface area contributed by atoms with Crippen LogP contribution in [0.5, 0.6) is 0 Å². The Hall–Kier alpha value is -0.400. The van der Waals surface area contributed by atoms with Crippen LogP contribution in [-0.2, 0) is 4.79 Å². The number of rotatable bonds is 0. The Morgan fingerprint density at radius 3 is 2.62 bits per heavy atom. The van der Waals surface area contributed by atoms with E-state index in [0.717, 1.165) is 50.4 Å². The molecule has 0 aromatic carbocycles. The van der Waals surface area contributed by atoms with Crippen LogP contribution in [0.25, 0.3) is 0 Å². The topological polar surface area (TPSA) is 17.1 Å². The van der Waals surface area contributed by atoms with E-state index in [1.165, 1.54) is 19.3 Å². The van der Waals surface area contributed by atoms with Crippen molar-refractivity contribution < 1.29 is 9.18 Å². The van der Waals surface area contributed by atoms with Crippen LogP contribution in [0.2, 0.25) is 0 Å². The van der Waals surface area contributed by atoms with Gasteiger partial charge in [0.25, 0.3) is 0 Å². The van der Waals surface area contributed by atoms with E-state index in [2.05, 4.69) is 13.8 Å². The molecule has 7 atom stereocenters. The fourth-order valence-corrected chi connectivity index (χ4v) is 6.98. The predicted molar refractivity (Wildman–Crippen MR) is 81.6 cm³/mol. The maximum atomic E-state index is 13.8. The SMILES string of the molecule is CC12CCC3C(CC[C@H]4CC(F)CCC34C)C1CCC2=O. The van der Waals surface area contributed by atoms with Gasteiger partial charge in [-0.15, -0.1) is 0 Å². The summed E-state index contributed by atoms with van der Waals surface area (Å²) in [6.45, 7) is 4.70. The quantitative estimate of drug-likeness (QED) is 0.618. The van der Waals surface area contributed by atoms with Crippen molar-refractivity contribution >= 4 is 5.78 Å². The molecular weight excluding hydrogens is 263 g/mol. The van der Waals surface area contributed by atoms with Gasteiger partial charge in [0.05, 0.1) is 0 Å². The van der Waals surface area contributed by atoms with Crippen LogP contribution < -0.4 is 0 Å². The van der Waals surface area contributed by atoms with Crippen molar-refractivity contribution in [3.8, 4) is 0 Å². The van der Waals surface area contributed by atoms with Gasteiger partial charge in [0.2, 0.25) is 0 Å². The van der Waals surface area contributed by atoms with Crippen molar-refractivity contribution in [1.29, 1.82) is 0 Å². The molecule has 0 saturated heterocycles. The molecule has 0 bridgehead atoms. The van der Waals surface area contributed by atoms with E-state index in [0.29, 0.717) is 23.0 Å². The zero-order valence-corrected chi connectivity index (χ0v) is 13.5. The summed E-state index contributed by atoms with van der Waals surface area (Å²) in [7, 11) is 0. The maximum absolute atomic E-state index is 13.8. The number of carbonyl (C=O) groups excluding carboxylic acids is 1. The molecule has 2 heteroatoms. The molecule has 4 fully saturated rings. The van der Waals surface area contributed by atoms with Gasteiger partial charge in [-0.1, -0.05) is 13.8 Å². The lowest BCUT2D eigenvalue weighted by molar-refractivity contribution is -0.140. The molecule has 0 N–H and O–H groups in total. The molecule has 0 spiro atoms. The first-order valence-electron chi connectivity index (χ1n) is 9.12. The van der Waals surface area contributed by atoms with E-state index >= 15 is 0 Å². The third-order valence-electron chi connectivity index (χ3n) is 8.31. The zero-order chi connectivity index (χ0) is 14.8. The Kier molecular flexibility index (Phi) is 3.08. The largest absolute Gasteiger partial charge is 0.299 e. The number of halogens is 1. The number of hydrogen-bond acceptors (Lipinski definition) is 1. The summed E-state index contributed by atoms with van der Waals surface area (Å²) in [5.41, 5.74) is 0.347. The van der Waals surface area contributed by atoms with Crippen molar-refractivity contribution in [1.82, 2.24) is 0 Å². The Bertz CT molecular complexity index is 460. The highest BCUT2D eigenvalue weighted by Gasteiger charge is 2.60. The van der Waals surface area contributed by atoms with E-state index in [-0.39, 0.29) is 5.41 Å². The molecule has 4 saturated carbocycles. The molecule has 4 rings (SSSR count). The highest BCUT2D eigenvalue weighted by molar-refractivity contribution is 5.87. The molecule has 0 aliphatic heterocycles. The second-order valence-electron chi connectivity index (χ2n) is 8.95. The van der Waals surface area contributed by atoms with Gasteiger partial charge in [0.15, 0.2) is 0 Å². The van der Waals surface area contributed by atoms with E-state index in [1.54, 1.807) is 0 Å². The fraction of sp³-hybridized carbons (Fsp3) is 0.947. The van der Waals surface area contributed by atoms with Crippen LogP contribution in [-0.4, -0.2) is 12.0 Å². The molecule has 4 aliphatic rings. The number of alkyl halides is 1. The molecule has 21 heavy (non-hydrogen) atoms. The lowest BCUT2D eigenvalue weighted by Gasteiger charge is -2.59. The minimum atomic E-state index is -0.554. The van der Waals surface area contributed by atoms with Crippen molar-refractivity contribution in [2.45, 2.75) is 77.8 Å². The molecule has 0 aromatic rings. The predicted octanol–water partition coefficient (Wildman–Crippen LogP) is 4.94. The smallest absolute Gasteiger partial charge is 0.139 e. The maximum Gasteiger partial charge on any atom is 0.139 e. The molecule has 6 unspecified atom stereocenters. The highest BCUT2D eigenvalue weighted by atomic mass is 19.1. The van der Waals surface area contributed by atoms with Gasteiger partial charge in [0, 0.05) is 11.8 Å². The molecule has 0 radical (unpaired) electrons. The van der Waals surface area contributed by atoms with Gasteiger partial charge in [-0.05, 0) is 80.5 Å². The fourth-order valence-electron chi connectivity index (χ4n) is 6.98. The van der Waals surface area contributed by atoms with Gasteiger partial charge >= 0.3 is 0 Å². The van der Waals surface area contributed by atoms with Crippen LogP contribution in [0, 0.1) is 34.5 Å². The van der Waals surface area contributed by atoms with Crippen molar-refractivity contribution in [3.05, 3.63) is 0 Å². The van der Waals surface area contributed by atoms with Crippen LogP contribution in [0.15, 0.2) is 0 Å². The minimum Gasteiger partial charge on any atom is -0.299 e. The first-order valence-corrected chi connectivity index (χ1v) is 9.12. The molecule has 1 nitrogen and oxygen atoms in total. The normalized spacial score (nSPS) is 56.5. The number of carbonyl (C=O) groups is 1. The summed E-state index contributed by atoms with van der Waals surface area (Å²) < 4.78 is 13.8. The standard InChI is InChI=1S/C19H29FO/c1-18-9-7-13(20)11-12(18)3-4-14-15-5-6-17(21)19(15,2)10-8-16(14)18/h12-16H,3-11H2,1-2H3/t12-,13?,14?,15?,16?,18?,19?/m0/s1. The Morgan fingerprint density at radius 1 is 1.00 bits per heavy atom. The Labute approximate surface area is 128 Å². The Morgan fingerprint density at radius 2 is 1.81 bits per heavy atom. The summed E-state index contributed by atoms with van der Waals surface area (Å²) in [5.74, 6) is 3.26. The van der Waals surface area contributed by atoms with Crippen molar-refractivity contribution in [2.75, 3.05) is 0 Å². The van der Waals surface area contributed by atoms with Crippen molar-refractivity contribution in [3.63, 3.8) is 0 Å². The molecule has 0 amide bonds. The summed E-state index contributed by atoms with van der Waals surface area (Å²) in [5, 5.41) is 0. The molecule has 4 aliphatic carbocycles. The number of hydrogen-bond donors (Lipinski definition) is 0. The molecule has 0 heterocycles. The first kappa shape index (κ1) is 14.2. The summed E-state index contributed by atoms with van der Waals surface area (Å²) in [6, 6.07) is 0. The third-order valence-corrected chi connectivity index (χ3v) is 8.31. The molecule has 118 valence electrons. The Balaban J connectivity index is 1.64. The number of Topliss-reactive ketones (excluding diaryl/α,β-unsaturated/α-hetero) is 1. The highest BCUT2D eigenvalue weighted by Crippen LogP contribution is 2.65. The number of ketones is 1. The monoisotopic (exact) mass is 292 g/mol. The summed E-state index contributed by atoms with van der Waals surface area (Å²) in [6.07, 6.45) is 8.83. The van der Waals surface area contributed by atoms with Gasteiger partial charge in [0.1, 0.15) is 12.0 Å². The average molecular weight is 292 g/mol. The first-order chi connectivity index (χ1) is 9.95. The van der Waals surface area contributed by atoms with E-state index in [4.69, 9.17) is 0 Å². The zero-order valence-electron chi connectivity index (χ0n) is 13.5. The van der Waals surface area contributed by atoms with Crippen LogP contribution >= 0.6 is 0 Å². The van der Waals surface area contributed by atoms with Gasteiger partial charge < -0.3 is 0 Å². The van der Waals surface area contributed by atoms with Gasteiger partial charge in [-0.25, -0.2) is 4.39 Å². The van der Waals surface area contributed by atoms with Crippen LogP contribution in [0.3, 0.4) is 0 Å². The molecular formula is C19H29FO. The van der Waals surface area contributed by atoms with E-state index in [9.17, 15) is 9.18 Å². The van der Waals surface area contributed by atoms with Crippen molar-refractivity contribution in [2.24, 2.45) is 34.5 Å². The minimum absolute atomic E-state index is 0.0122. The van der Waals surface area contributed by atoms with Gasteiger partial charge in [-0.3, -0.25) is 4.79 Å². The number of fused-ring (bicyclic) bond motifs is 5. The summed E-state index contributed by atoms with van der Waals surface area (Å²) >= 11 is 0.